The lowest BCUT2D eigenvalue weighted by atomic mass is 10.2. The van der Waals surface area contributed by atoms with E-state index < -0.39 is 5.25 Å². The van der Waals surface area contributed by atoms with Crippen LogP contribution in [0.3, 0.4) is 0 Å². The zero-order valence-electron chi connectivity index (χ0n) is 17.6. The van der Waals surface area contributed by atoms with Crippen molar-refractivity contribution in [3.05, 3.63) is 78.9 Å². The number of carbonyl (C=O) groups excluding carboxylic acids is 2. The molecule has 3 aromatic carbocycles. The minimum Gasteiger partial charge on any atom is -0.486 e. The van der Waals surface area contributed by atoms with Crippen LogP contribution in [0.25, 0.3) is 0 Å². The highest BCUT2D eigenvalue weighted by atomic mass is 32.2. The summed E-state index contributed by atoms with van der Waals surface area (Å²) in [6, 6.07) is 24.1. The molecule has 1 atom stereocenters. The van der Waals surface area contributed by atoms with Crippen molar-refractivity contribution >= 4 is 45.8 Å². The van der Waals surface area contributed by atoms with Crippen molar-refractivity contribution < 1.29 is 19.1 Å². The van der Waals surface area contributed by atoms with E-state index in [1.807, 2.05) is 60.7 Å². The van der Waals surface area contributed by atoms with Crippen LogP contribution >= 0.6 is 11.8 Å². The van der Waals surface area contributed by atoms with Crippen LogP contribution in [0.1, 0.15) is 6.42 Å². The summed E-state index contributed by atoms with van der Waals surface area (Å²) in [4.78, 5) is 32.5. The van der Waals surface area contributed by atoms with Gasteiger partial charge in [0.25, 0.3) is 0 Å². The summed E-state index contributed by atoms with van der Waals surface area (Å²) in [6.45, 7) is 0.888. The molecule has 2 aliphatic heterocycles. The fraction of sp³-hybridized carbons (Fsp3) is 0.160. The molecule has 2 heterocycles. The van der Waals surface area contributed by atoms with Gasteiger partial charge >= 0.3 is 0 Å². The number of carbonyl (C=O) groups is 2. The van der Waals surface area contributed by atoms with Gasteiger partial charge in [-0.1, -0.05) is 54.2 Å². The number of thioether (sulfide) groups is 1. The number of amidine groups is 1. The second-order valence-corrected chi connectivity index (χ2v) is 8.60. The van der Waals surface area contributed by atoms with Crippen molar-refractivity contribution in [3.63, 3.8) is 0 Å². The van der Waals surface area contributed by atoms with E-state index in [1.54, 1.807) is 23.1 Å². The van der Waals surface area contributed by atoms with Crippen LogP contribution in [0.2, 0.25) is 0 Å². The van der Waals surface area contributed by atoms with Crippen molar-refractivity contribution in [2.75, 3.05) is 23.4 Å². The number of nitrogens with one attached hydrogen (secondary N) is 1. The molecule has 2 amide bonds. The number of aliphatic imine (C=N–C) groups is 1. The maximum absolute atomic E-state index is 13.3. The van der Waals surface area contributed by atoms with Gasteiger partial charge in [0.1, 0.15) is 18.5 Å². The Morgan fingerprint density at radius 1 is 0.970 bits per heavy atom. The summed E-state index contributed by atoms with van der Waals surface area (Å²) in [5, 5.41) is 2.82. The summed E-state index contributed by atoms with van der Waals surface area (Å²) in [5.74, 6) is 0.653. The van der Waals surface area contributed by atoms with E-state index in [0.29, 0.717) is 35.6 Å². The number of para-hydroxylation sites is 3. The molecule has 5 rings (SSSR count). The van der Waals surface area contributed by atoms with Gasteiger partial charge in [0.2, 0.25) is 11.8 Å². The standard InChI is InChI=1S/C25H21N3O4S/c29-22(27-19-12-7-13-20-23(19)32-15-14-31-20)16-21-24(30)28(18-10-5-2-6-11-18)25(33-21)26-17-8-3-1-4-9-17/h1-13,21H,14-16H2,(H,27,29). The molecule has 8 heteroatoms. The second kappa shape index (κ2) is 9.38. The van der Waals surface area contributed by atoms with E-state index in [9.17, 15) is 9.59 Å². The molecule has 0 bridgehead atoms. The zero-order chi connectivity index (χ0) is 22.6. The summed E-state index contributed by atoms with van der Waals surface area (Å²) in [5.41, 5.74) is 1.99. The third kappa shape index (κ3) is 4.56. The predicted octanol–water partition coefficient (Wildman–Crippen LogP) is 4.62. The zero-order valence-corrected chi connectivity index (χ0v) is 18.5. The van der Waals surface area contributed by atoms with Gasteiger partial charge in [-0.15, -0.1) is 0 Å². The van der Waals surface area contributed by atoms with Gasteiger partial charge in [0, 0.05) is 6.42 Å². The van der Waals surface area contributed by atoms with Crippen LogP contribution in [-0.2, 0) is 9.59 Å². The maximum Gasteiger partial charge on any atom is 0.247 e. The van der Waals surface area contributed by atoms with E-state index in [1.165, 1.54) is 11.8 Å². The molecule has 3 aromatic rings. The monoisotopic (exact) mass is 459 g/mol. The summed E-state index contributed by atoms with van der Waals surface area (Å²) < 4.78 is 11.2. The number of benzene rings is 3. The van der Waals surface area contributed by atoms with Gasteiger partial charge in [-0.05, 0) is 36.4 Å². The fourth-order valence-corrected chi connectivity index (χ4v) is 4.80. The molecule has 1 N–H and O–H groups in total. The Kier molecular flexibility index (Phi) is 5.99. The number of ether oxygens (including phenoxy) is 2. The van der Waals surface area contributed by atoms with E-state index in [0.717, 1.165) is 11.4 Å². The van der Waals surface area contributed by atoms with Crippen molar-refractivity contribution in [2.45, 2.75) is 11.7 Å². The van der Waals surface area contributed by atoms with E-state index >= 15 is 0 Å². The second-order valence-electron chi connectivity index (χ2n) is 7.43. The number of hydrogen-bond acceptors (Lipinski definition) is 6. The smallest absolute Gasteiger partial charge is 0.247 e. The van der Waals surface area contributed by atoms with Crippen LogP contribution in [0.15, 0.2) is 83.9 Å². The molecule has 2 aliphatic rings. The molecule has 0 aromatic heterocycles. The summed E-state index contributed by atoms with van der Waals surface area (Å²) in [6.07, 6.45) is 0.00513. The minimum atomic E-state index is -0.593. The van der Waals surface area contributed by atoms with Crippen molar-refractivity contribution in [1.29, 1.82) is 0 Å². The third-order valence-electron chi connectivity index (χ3n) is 5.14. The van der Waals surface area contributed by atoms with E-state index in [4.69, 9.17) is 9.47 Å². The Morgan fingerprint density at radius 3 is 2.48 bits per heavy atom. The average Bonchev–Trinajstić information content (AvgIpc) is 3.14. The largest absolute Gasteiger partial charge is 0.486 e. The normalized spacial score (nSPS) is 18.4. The first kappa shape index (κ1) is 21.1. The average molecular weight is 460 g/mol. The van der Waals surface area contributed by atoms with Gasteiger partial charge in [-0.25, -0.2) is 4.99 Å². The van der Waals surface area contributed by atoms with Gasteiger partial charge in [0.05, 0.1) is 17.1 Å². The number of nitrogens with zero attached hydrogens (tertiary/aromatic N) is 2. The first-order valence-corrected chi connectivity index (χ1v) is 11.4. The summed E-state index contributed by atoms with van der Waals surface area (Å²) >= 11 is 1.29. The molecule has 0 spiro atoms. The van der Waals surface area contributed by atoms with Gasteiger partial charge in [-0.2, -0.15) is 0 Å². The molecule has 1 fully saturated rings. The highest BCUT2D eigenvalue weighted by Crippen LogP contribution is 2.38. The van der Waals surface area contributed by atoms with Gasteiger partial charge < -0.3 is 14.8 Å². The molecule has 0 saturated carbocycles. The molecule has 33 heavy (non-hydrogen) atoms. The van der Waals surface area contributed by atoms with Crippen LogP contribution < -0.4 is 19.7 Å². The third-order valence-corrected chi connectivity index (χ3v) is 6.28. The maximum atomic E-state index is 13.3. The van der Waals surface area contributed by atoms with Crippen LogP contribution in [0, 0.1) is 0 Å². The topological polar surface area (TPSA) is 80.2 Å². The Bertz CT molecular complexity index is 1200. The van der Waals surface area contributed by atoms with Crippen molar-refractivity contribution in [1.82, 2.24) is 0 Å². The van der Waals surface area contributed by atoms with E-state index in [2.05, 4.69) is 10.3 Å². The SMILES string of the molecule is O=C(CC1SC(=Nc2ccccc2)N(c2ccccc2)C1=O)Nc1cccc2c1OCCO2. The lowest BCUT2D eigenvalue weighted by molar-refractivity contribution is -0.121. The lowest BCUT2D eigenvalue weighted by Crippen LogP contribution is -2.33. The summed E-state index contributed by atoms with van der Waals surface area (Å²) in [7, 11) is 0. The quantitative estimate of drug-likeness (QED) is 0.602. The predicted molar refractivity (Wildman–Crippen MR) is 130 cm³/mol. The van der Waals surface area contributed by atoms with Crippen molar-refractivity contribution in [2.24, 2.45) is 4.99 Å². The van der Waals surface area contributed by atoms with E-state index in [-0.39, 0.29) is 18.2 Å². The minimum absolute atomic E-state index is 0.00513. The Labute approximate surface area is 195 Å². The number of amides is 2. The van der Waals surface area contributed by atoms with Crippen molar-refractivity contribution in [3.8, 4) is 11.5 Å². The Hall–Kier alpha value is -3.78. The van der Waals surface area contributed by atoms with Gasteiger partial charge in [-0.3, -0.25) is 14.5 Å². The Morgan fingerprint density at radius 2 is 1.70 bits per heavy atom. The molecule has 1 unspecified atom stereocenters. The lowest BCUT2D eigenvalue weighted by Gasteiger charge is -2.21. The molecule has 1 saturated heterocycles. The first-order valence-electron chi connectivity index (χ1n) is 10.6. The van der Waals surface area contributed by atoms with Crippen LogP contribution in [0.5, 0.6) is 11.5 Å². The fourth-order valence-electron chi connectivity index (χ4n) is 3.64. The highest BCUT2D eigenvalue weighted by molar-refractivity contribution is 8.16. The molecule has 7 nitrogen and oxygen atoms in total. The number of hydrogen-bond donors (Lipinski definition) is 1. The highest BCUT2D eigenvalue weighted by Gasteiger charge is 2.40. The van der Waals surface area contributed by atoms with Gasteiger partial charge in [0.15, 0.2) is 16.7 Å². The molecular formula is C25H21N3O4S. The Balaban J connectivity index is 1.37. The molecule has 166 valence electrons. The molecular weight excluding hydrogens is 438 g/mol. The first-order chi connectivity index (χ1) is 16.2. The molecule has 0 radical (unpaired) electrons. The van der Waals surface area contributed by atoms with Crippen LogP contribution in [0.4, 0.5) is 17.1 Å². The number of rotatable bonds is 5. The molecule has 0 aliphatic carbocycles. The number of fused-ring (bicyclic) bond motifs is 1. The van der Waals surface area contributed by atoms with Crippen LogP contribution in [-0.4, -0.2) is 35.4 Å². The number of anilines is 2.